The largest absolute Gasteiger partial charge is 0.483 e. The van der Waals surface area contributed by atoms with E-state index in [-0.39, 0.29) is 0 Å². The fourth-order valence-corrected chi connectivity index (χ4v) is 3.39. The number of anilines is 1. The molecule has 0 aliphatic rings. The molecule has 0 unspecified atom stereocenters. The number of nitrogens with zero attached hydrogens (tertiary/aromatic N) is 3. The molecule has 28 heavy (non-hydrogen) atoms. The SMILES string of the molecule is C=C(Nc1n[nH]c2c(OCc3nccn3C)cc(CC(C)C)cc12)S/C=C\C. The number of aryl methyl sites for hydroxylation is 1. The van der Waals surface area contributed by atoms with E-state index in [9.17, 15) is 0 Å². The highest BCUT2D eigenvalue weighted by molar-refractivity contribution is 8.05. The Labute approximate surface area is 170 Å². The number of fused-ring (bicyclic) bond motifs is 1. The van der Waals surface area contributed by atoms with Crippen molar-refractivity contribution >= 4 is 28.5 Å². The summed E-state index contributed by atoms with van der Waals surface area (Å²) in [5.41, 5.74) is 2.08. The van der Waals surface area contributed by atoms with Gasteiger partial charge in [-0.05, 0) is 42.4 Å². The summed E-state index contributed by atoms with van der Waals surface area (Å²) in [7, 11) is 1.96. The van der Waals surface area contributed by atoms with Gasteiger partial charge in [-0.25, -0.2) is 4.98 Å². The Kier molecular flexibility index (Phi) is 6.46. The van der Waals surface area contributed by atoms with Crippen LogP contribution in [0.15, 0.2) is 47.6 Å². The minimum atomic E-state index is 0.398. The van der Waals surface area contributed by atoms with Crippen LogP contribution in [0.4, 0.5) is 5.82 Å². The van der Waals surface area contributed by atoms with Crippen molar-refractivity contribution in [3.63, 3.8) is 0 Å². The zero-order chi connectivity index (χ0) is 20.1. The molecule has 0 atom stereocenters. The van der Waals surface area contributed by atoms with Crippen molar-refractivity contribution in [3.8, 4) is 5.75 Å². The summed E-state index contributed by atoms with van der Waals surface area (Å²) in [5.74, 6) is 2.95. The highest BCUT2D eigenvalue weighted by Gasteiger charge is 2.15. The van der Waals surface area contributed by atoms with Crippen LogP contribution in [0, 0.1) is 5.92 Å². The number of thioether (sulfide) groups is 1. The number of ether oxygens (including phenoxy) is 1. The summed E-state index contributed by atoms with van der Waals surface area (Å²) in [5, 5.41) is 14.6. The van der Waals surface area contributed by atoms with Gasteiger partial charge in [0.2, 0.25) is 0 Å². The first-order valence-corrected chi connectivity index (χ1v) is 10.2. The Bertz CT molecular complexity index is 986. The van der Waals surface area contributed by atoms with E-state index >= 15 is 0 Å². The monoisotopic (exact) mass is 397 g/mol. The van der Waals surface area contributed by atoms with E-state index in [1.165, 1.54) is 17.3 Å². The van der Waals surface area contributed by atoms with E-state index in [1.54, 1.807) is 6.20 Å². The third-order valence-corrected chi connectivity index (χ3v) is 5.02. The Hall–Kier alpha value is -2.67. The van der Waals surface area contributed by atoms with E-state index in [2.05, 4.69) is 53.1 Å². The van der Waals surface area contributed by atoms with Gasteiger partial charge in [0, 0.05) is 24.8 Å². The average Bonchev–Trinajstić information content (AvgIpc) is 3.24. The molecule has 0 bridgehead atoms. The molecular weight excluding hydrogens is 370 g/mol. The summed E-state index contributed by atoms with van der Waals surface area (Å²) >= 11 is 1.53. The van der Waals surface area contributed by atoms with Crippen molar-refractivity contribution in [2.45, 2.75) is 33.8 Å². The number of aromatic nitrogens is 4. The average molecular weight is 398 g/mol. The number of aromatic amines is 1. The maximum atomic E-state index is 6.13. The summed E-state index contributed by atoms with van der Waals surface area (Å²) in [6.45, 7) is 10.9. The molecule has 0 fully saturated rings. The lowest BCUT2D eigenvalue weighted by molar-refractivity contribution is 0.294. The Morgan fingerprint density at radius 1 is 1.43 bits per heavy atom. The molecule has 2 heterocycles. The number of nitrogens with one attached hydrogen (secondary N) is 2. The van der Waals surface area contributed by atoms with Crippen LogP contribution in [0.5, 0.6) is 5.75 Å². The Morgan fingerprint density at radius 2 is 2.25 bits per heavy atom. The van der Waals surface area contributed by atoms with Crippen LogP contribution in [0.25, 0.3) is 10.9 Å². The Morgan fingerprint density at radius 3 is 2.93 bits per heavy atom. The van der Waals surface area contributed by atoms with Gasteiger partial charge in [0.25, 0.3) is 0 Å². The molecule has 148 valence electrons. The number of allylic oxidation sites excluding steroid dienone is 1. The topological polar surface area (TPSA) is 67.8 Å². The van der Waals surface area contributed by atoms with Gasteiger partial charge in [0.1, 0.15) is 23.7 Å². The molecule has 0 aliphatic carbocycles. The van der Waals surface area contributed by atoms with E-state index in [0.717, 1.165) is 39.7 Å². The Balaban J connectivity index is 1.92. The van der Waals surface area contributed by atoms with E-state index in [4.69, 9.17) is 4.74 Å². The number of hydrogen-bond donors (Lipinski definition) is 2. The molecule has 3 aromatic rings. The molecule has 0 radical (unpaired) electrons. The zero-order valence-electron chi connectivity index (χ0n) is 16.8. The quantitative estimate of drug-likeness (QED) is 0.518. The smallest absolute Gasteiger partial charge is 0.160 e. The number of imidazole rings is 1. The second kappa shape index (κ2) is 9.01. The molecule has 0 saturated heterocycles. The molecule has 6 nitrogen and oxygen atoms in total. The zero-order valence-corrected chi connectivity index (χ0v) is 17.6. The third kappa shape index (κ3) is 4.78. The molecule has 2 aromatic heterocycles. The van der Waals surface area contributed by atoms with Crippen molar-refractivity contribution in [2.75, 3.05) is 5.32 Å². The summed E-state index contributed by atoms with van der Waals surface area (Å²) < 4.78 is 8.08. The van der Waals surface area contributed by atoms with Gasteiger partial charge in [-0.15, -0.1) is 0 Å². The maximum Gasteiger partial charge on any atom is 0.160 e. The van der Waals surface area contributed by atoms with Crippen LogP contribution in [0.1, 0.15) is 32.2 Å². The second-order valence-corrected chi connectivity index (χ2v) is 8.07. The lowest BCUT2D eigenvalue weighted by Crippen LogP contribution is -2.04. The summed E-state index contributed by atoms with van der Waals surface area (Å²) in [4.78, 5) is 4.33. The van der Waals surface area contributed by atoms with Crippen LogP contribution < -0.4 is 10.1 Å². The minimum Gasteiger partial charge on any atom is -0.483 e. The van der Waals surface area contributed by atoms with Crippen molar-refractivity contribution in [3.05, 3.63) is 59.0 Å². The highest BCUT2D eigenvalue weighted by Crippen LogP contribution is 2.33. The normalized spacial score (nSPS) is 11.6. The van der Waals surface area contributed by atoms with Crippen molar-refractivity contribution in [2.24, 2.45) is 13.0 Å². The number of rotatable bonds is 9. The van der Waals surface area contributed by atoms with Gasteiger partial charge in [-0.2, -0.15) is 5.10 Å². The fraction of sp³-hybridized carbons (Fsp3) is 0.333. The summed E-state index contributed by atoms with van der Waals surface area (Å²) in [6, 6.07) is 4.26. The molecule has 2 N–H and O–H groups in total. The van der Waals surface area contributed by atoms with Gasteiger partial charge < -0.3 is 14.6 Å². The number of H-pyrrole nitrogens is 1. The molecule has 0 spiro atoms. The maximum absolute atomic E-state index is 6.13. The minimum absolute atomic E-state index is 0.398. The molecule has 0 saturated carbocycles. The molecule has 0 amide bonds. The molecule has 3 rings (SSSR count). The van der Waals surface area contributed by atoms with Crippen molar-refractivity contribution in [1.29, 1.82) is 0 Å². The van der Waals surface area contributed by atoms with Crippen LogP contribution in [0.2, 0.25) is 0 Å². The van der Waals surface area contributed by atoms with Crippen molar-refractivity contribution in [1.82, 2.24) is 19.7 Å². The predicted octanol–water partition coefficient (Wildman–Crippen LogP) is 5.22. The molecule has 7 heteroatoms. The van der Waals surface area contributed by atoms with Gasteiger partial charge in [0.15, 0.2) is 5.82 Å². The predicted molar refractivity (Wildman–Crippen MR) is 117 cm³/mol. The molecule has 1 aromatic carbocycles. The van der Waals surface area contributed by atoms with Gasteiger partial charge >= 0.3 is 0 Å². The first kappa shape index (κ1) is 20.1. The standard InChI is InChI=1S/C21H27N5OS/c1-6-9-28-15(4)23-21-17-11-16(10-14(2)3)12-18(20(17)24-25-21)27-13-19-22-7-8-26(19)5/h6-9,11-12,14H,4,10,13H2,1-3,5H3,(H2,23,24,25)/b9-6-. The highest BCUT2D eigenvalue weighted by atomic mass is 32.2. The third-order valence-electron chi connectivity index (χ3n) is 4.22. The number of benzene rings is 1. The van der Waals surface area contributed by atoms with E-state index in [0.29, 0.717) is 12.5 Å². The molecular formula is C21H27N5OS. The van der Waals surface area contributed by atoms with Gasteiger partial charge in [-0.3, -0.25) is 5.10 Å². The summed E-state index contributed by atoms with van der Waals surface area (Å²) in [6.07, 6.45) is 6.63. The van der Waals surface area contributed by atoms with Crippen LogP contribution in [0.3, 0.4) is 0 Å². The second-order valence-electron chi connectivity index (χ2n) is 7.07. The number of hydrogen-bond acceptors (Lipinski definition) is 5. The fourth-order valence-electron chi connectivity index (χ4n) is 2.93. The first-order valence-electron chi connectivity index (χ1n) is 9.31. The van der Waals surface area contributed by atoms with E-state index < -0.39 is 0 Å². The van der Waals surface area contributed by atoms with Crippen LogP contribution >= 0.6 is 11.8 Å². The van der Waals surface area contributed by atoms with Crippen molar-refractivity contribution < 1.29 is 4.74 Å². The first-order chi connectivity index (χ1) is 13.5. The molecule has 0 aliphatic heterocycles. The van der Waals surface area contributed by atoms with Gasteiger partial charge in [-0.1, -0.05) is 38.3 Å². The lowest BCUT2D eigenvalue weighted by atomic mass is 10.0. The van der Waals surface area contributed by atoms with Crippen LogP contribution in [-0.4, -0.2) is 19.7 Å². The van der Waals surface area contributed by atoms with Crippen LogP contribution in [-0.2, 0) is 20.1 Å². The lowest BCUT2D eigenvalue weighted by Gasteiger charge is -2.12. The van der Waals surface area contributed by atoms with Gasteiger partial charge in [0.05, 0.1) is 5.03 Å². The van der Waals surface area contributed by atoms with E-state index in [1.807, 2.05) is 36.2 Å².